The molecule has 1 aromatic heterocycles. The van der Waals surface area contributed by atoms with E-state index in [1.807, 2.05) is 0 Å². The van der Waals surface area contributed by atoms with E-state index in [-0.39, 0.29) is 10.4 Å². The van der Waals surface area contributed by atoms with Gasteiger partial charge in [0.25, 0.3) is 10.5 Å². The van der Waals surface area contributed by atoms with Gasteiger partial charge < -0.3 is 0 Å². The smallest absolute Gasteiger partial charge is 0.263 e. The summed E-state index contributed by atoms with van der Waals surface area (Å²) < 4.78 is 0. The topological polar surface area (TPSA) is 34.1 Å². The van der Waals surface area contributed by atoms with E-state index in [1.54, 1.807) is 5.38 Å². The van der Waals surface area contributed by atoms with Crippen molar-refractivity contribution in [2.45, 2.75) is 0 Å². The van der Waals surface area contributed by atoms with Crippen molar-refractivity contribution >= 4 is 45.0 Å². The predicted octanol–water partition coefficient (Wildman–Crippen LogP) is 2.51. The van der Waals surface area contributed by atoms with E-state index in [0.29, 0.717) is 0 Å². The molecule has 0 saturated heterocycles. The van der Waals surface area contributed by atoms with Crippen molar-refractivity contribution in [3.63, 3.8) is 0 Å². The Kier molecular flexibility index (Phi) is 2.65. The molecular weight excluding hydrogens is 207 g/mol. The molecule has 0 bridgehead atoms. The molecule has 0 fully saturated rings. The van der Waals surface area contributed by atoms with Crippen molar-refractivity contribution in [1.29, 1.82) is 0 Å². The first kappa shape index (κ1) is 8.71. The Morgan fingerprint density at radius 2 is 1.91 bits per heavy atom. The molecule has 0 aliphatic carbocycles. The van der Waals surface area contributed by atoms with E-state index < -0.39 is 10.5 Å². The summed E-state index contributed by atoms with van der Waals surface area (Å²) in [4.78, 5) is 21.4. The third-order valence-corrected chi connectivity index (χ3v) is 2.47. The zero-order chi connectivity index (χ0) is 8.43. The monoisotopic (exact) mass is 208 g/mol. The Morgan fingerprint density at radius 3 is 2.27 bits per heavy atom. The zero-order valence-electron chi connectivity index (χ0n) is 5.14. The van der Waals surface area contributed by atoms with Gasteiger partial charge in [0.05, 0.1) is 10.4 Å². The van der Waals surface area contributed by atoms with Gasteiger partial charge in [-0.2, -0.15) is 0 Å². The van der Waals surface area contributed by atoms with E-state index >= 15 is 0 Å². The molecule has 58 valence electrons. The molecular formula is C6H2Cl2O2S. The fraction of sp³-hybridized carbons (Fsp3) is 0. The van der Waals surface area contributed by atoms with Crippen molar-refractivity contribution in [3.05, 3.63) is 21.9 Å². The third-order valence-electron chi connectivity index (χ3n) is 1.06. The Hall–Kier alpha value is -0.380. The van der Waals surface area contributed by atoms with Gasteiger partial charge >= 0.3 is 0 Å². The Balaban J connectivity index is 3.16. The molecule has 0 saturated carbocycles. The Morgan fingerprint density at radius 1 is 1.27 bits per heavy atom. The fourth-order valence-electron chi connectivity index (χ4n) is 0.616. The average molecular weight is 209 g/mol. The maximum absolute atomic E-state index is 10.6. The molecule has 0 aromatic carbocycles. The lowest BCUT2D eigenvalue weighted by Gasteiger charge is -1.88. The van der Waals surface area contributed by atoms with Gasteiger partial charge in [0.2, 0.25) is 0 Å². The molecule has 5 heteroatoms. The maximum Gasteiger partial charge on any atom is 0.263 e. The van der Waals surface area contributed by atoms with Crippen LogP contribution in [0.15, 0.2) is 11.4 Å². The summed E-state index contributed by atoms with van der Waals surface area (Å²) in [5, 5.41) is 0.282. The standard InChI is InChI=1S/C6H2Cl2O2S/c7-5(9)3-1-2-11-4(3)6(8)10/h1-2H. The van der Waals surface area contributed by atoms with Crippen LogP contribution in [0.25, 0.3) is 0 Å². The van der Waals surface area contributed by atoms with E-state index in [1.165, 1.54) is 6.07 Å². The van der Waals surface area contributed by atoms with Gasteiger partial charge in [-0.05, 0) is 34.6 Å². The number of halogens is 2. The number of hydrogen-bond donors (Lipinski definition) is 0. The van der Waals surface area contributed by atoms with Gasteiger partial charge in [0.1, 0.15) is 0 Å². The van der Waals surface area contributed by atoms with Crippen LogP contribution in [0.2, 0.25) is 0 Å². The minimum Gasteiger partial charge on any atom is -0.276 e. The zero-order valence-corrected chi connectivity index (χ0v) is 7.46. The van der Waals surface area contributed by atoms with Crippen LogP contribution >= 0.6 is 34.5 Å². The van der Waals surface area contributed by atoms with Crippen LogP contribution in [0, 0.1) is 0 Å². The number of carbonyl (C=O) groups is 2. The second kappa shape index (κ2) is 3.34. The first-order valence-corrected chi connectivity index (χ1v) is 4.23. The highest BCUT2D eigenvalue weighted by atomic mass is 35.5. The quantitative estimate of drug-likeness (QED) is 0.701. The molecule has 0 unspecified atom stereocenters. The van der Waals surface area contributed by atoms with Gasteiger partial charge in [-0.25, -0.2) is 0 Å². The van der Waals surface area contributed by atoms with Gasteiger partial charge in [-0.15, -0.1) is 11.3 Å². The second-order valence-electron chi connectivity index (χ2n) is 1.71. The lowest BCUT2D eigenvalue weighted by Crippen LogP contribution is -1.94. The van der Waals surface area contributed by atoms with Crippen molar-refractivity contribution in [2.75, 3.05) is 0 Å². The third kappa shape index (κ3) is 1.80. The number of rotatable bonds is 2. The maximum atomic E-state index is 10.6. The number of carbonyl (C=O) groups excluding carboxylic acids is 2. The van der Waals surface area contributed by atoms with Crippen LogP contribution in [-0.4, -0.2) is 10.5 Å². The first-order chi connectivity index (χ1) is 5.13. The van der Waals surface area contributed by atoms with E-state index in [9.17, 15) is 9.59 Å². The van der Waals surface area contributed by atoms with Gasteiger partial charge in [0.15, 0.2) is 0 Å². The normalized spacial score (nSPS) is 9.64. The summed E-state index contributed by atoms with van der Waals surface area (Å²) in [6.45, 7) is 0. The highest BCUT2D eigenvalue weighted by molar-refractivity contribution is 7.14. The molecule has 11 heavy (non-hydrogen) atoms. The van der Waals surface area contributed by atoms with Crippen LogP contribution in [0.1, 0.15) is 20.0 Å². The van der Waals surface area contributed by atoms with Gasteiger partial charge in [-0.1, -0.05) is 0 Å². The summed E-state index contributed by atoms with van der Waals surface area (Å²) in [5.41, 5.74) is 0.177. The van der Waals surface area contributed by atoms with E-state index in [2.05, 4.69) is 0 Å². The summed E-state index contributed by atoms with van der Waals surface area (Å²) in [7, 11) is 0. The van der Waals surface area contributed by atoms with E-state index in [0.717, 1.165) is 11.3 Å². The van der Waals surface area contributed by atoms with Crippen LogP contribution in [0.5, 0.6) is 0 Å². The highest BCUT2D eigenvalue weighted by Gasteiger charge is 2.14. The fourth-order valence-corrected chi connectivity index (χ4v) is 1.79. The lowest BCUT2D eigenvalue weighted by molar-refractivity contribution is 0.105. The molecule has 0 spiro atoms. The minimum absolute atomic E-state index is 0.177. The van der Waals surface area contributed by atoms with E-state index in [4.69, 9.17) is 23.2 Å². The van der Waals surface area contributed by atoms with Crippen LogP contribution in [-0.2, 0) is 0 Å². The Labute approximate surface area is 76.7 Å². The van der Waals surface area contributed by atoms with Crippen LogP contribution < -0.4 is 0 Å². The van der Waals surface area contributed by atoms with Gasteiger partial charge in [-0.3, -0.25) is 9.59 Å². The molecule has 0 aliphatic heterocycles. The number of hydrogen-bond acceptors (Lipinski definition) is 3. The molecule has 0 aliphatic rings. The van der Waals surface area contributed by atoms with Crippen molar-refractivity contribution in [3.8, 4) is 0 Å². The predicted molar refractivity (Wildman–Crippen MR) is 44.7 cm³/mol. The lowest BCUT2D eigenvalue weighted by atomic mass is 10.3. The van der Waals surface area contributed by atoms with Crippen LogP contribution in [0.4, 0.5) is 0 Å². The molecule has 1 heterocycles. The Bertz CT molecular complexity index is 277. The SMILES string of the molecule is O=C(Cl)c1ccsc1C(=O)Cl. The van der Waals surface area contributed by atoms with Gasteiger partial charge in [0, 0.05) is 0 Å². The van der Waals surface area contributed by atoms with Crippen molar-refractivity contribution in [1.82, 2.24) is 0 Å². The summed E-state index contributed by atoms with van der Waals surface area (Å²) >= 11 is 11.4. The molecule has 2 nitrogen and oxygen atoms in total. The summed E-state index contributed by atoms with van der Waals surface area (Å²) in [5.74, 6) is 0. The molecule has 1 rings (SSSR count). The molecule has 0 atom stereocenters. The van der Waals surface area contributed by atoms with Crippen LogP contribution in [0.3, 0.4) is 0 Å². The number of thiophene rings is 1. The van der Waals surface area contributed by atoms with Crippen molar-refractivity contribution in [2.24, 2.45) is 0 Å². The molecule has 0 amide bonds. The molecule has 0 N–H and O–H groups in total. The minimum atomic E-state index is -0.657. The molecule has 0 radical (unpaired) electrons. The summed E-state index contributed by atoms with van der Waals surface area (Å²) in [6, 6.07) is 1.47. The first-order valence-electron chi connectivity index (χ1n) is 2.60. The largest absolute Gasteiger partial charge is 0.276 e. The second-order valence-corrected chi connectivity index (χ2v) is 3.31. The highest BCUT2D eigenvalue weighted by Crippen LogP contribution is 2.20. The van der Waals surface area contributed by atoms with Crippen molar-refractivity contribution < 1.29 is 9.59 Å². The molecule has 1 aromatic rings. The summed E-state index contributed by atoms with van der Waals surface area (Å²) in [6.07, 6.45) is 0. The average Bonchev–Trinajstić information content (AvgIpc) is 2.32.